The van der Waals surface area contributed by atoms with Gasteiger partial charge in [-0.1, -0.05) is 54.6 Å². The van der Waals surface area contributed by atoms with Gasteiger partial charge in [-0.05, 0) is 49.2 Å². The monoisotopic (exact) mass is 473 g/mol. The number of para-hydroxylation sites is 3. The first-order valence-corrected chi connectivity index (χ1v) is 11.8. The van der Waals surface area contributed by atoms with E-state index in [-0.39, 0.29) is 23.2 Å². The molecule has 6 nitrogen and oxygen atoms in total. The fraction of sp³-hybridized carbons (Fsp3) is 0.100. The van der Waals surface area contributed by atoms with Gasteiger partial charge < -0.3 is 15.3 Å². The highest BCUT2D eigenvalue weighted by atomic mass is 16.3. The Hall–Kier alpha value is -4.71. The lowest BCUT2D eigenvalue weighted by atomic mass is 9.92. The molecular formula is C30H23N3O3. The quantitative estimate of drug-likeness (QED) is 0.283. The minimum Gasteiger partial charge on any atom is -0.506 e. The van der Waals surface area contributed by atoms with Crippen LogP contribution in [0.4, 0.5) is 0 Å². The number of rotatable bonds is 5. The third-order valence-corrected chi connectivity index (χ3v) is 6.56. The van der Waals surface area contributed by atoms with Crippen LogP contribution in [0.5, 0.6) is 17.2 Å². The Bertz CT molecular complexity index is 1660. The molecule has 3 aromatic carbocycles. The highest BCUT2D eigenvalue weighted by Crippen LogP contribution is 2.31. The van der Waals surface area contributed by atoms with Crippen LogP contribution in [0.1, 0.15) is 23.0 Å². The van der Waals surface area contributed by atoms with E-state index < -0.39 is 0 Å². The summed E-state index contributed by atoms with van der Waals surface area (Å²) in [7, 11) is 0. The van der Waals surface area contributed by atoms with Crippen LogP contribution in [0, 0.1) is 0 Å². The van der Waals surface area contributed by atoms with Crippen LogP contribution in [0.2, 0.25) is 0 Å². The van der Waals surface area contributed by atoms with Gasteiger partial charge >= 0.3 is 0 Å². The van der Waals surface area contributed by atoms with E-state index in [2.05, 4.69) is 0 Å². The first-order valence-electron chi connectivity index (χ1n) is 11.8. The van der Waals surface area contributed by atoms with Crippen molar-refractivity contribution < 1.29 is 15.3 Å². The minimum atomic E-state index is -0.111. The van der Waals surface area contributed by atoms with E-state index in [0.29, 0.717) is 29.4 Å². The van der Waals surface area contributed by atoms with Crippen molar-refractivity contribution in [2.75, 3.05) is 0 Å². The van der Waals surface area contributed by atoms with Crippen molar-refractivity contribution in [1.29, 1.82) is 0 Å². The molecule has 3 heterocycles. The zero-order chi connectivity index (χ0) is 24.6. The molecule has 0 radical (unpaired) electrons. The Labute approximate surface area is 207 Å². The summed E-state index contributed by atoms with van der Waals surface area (Å²) >= 11 is 0. The molecule has 0 amide bonds. The highest BCUT2D eigenvalue weighted by molar-refractivity contribution is 5.85. The van der Waals surface area contributed by atoms with Crippen molar-refractivity contribution in [1.82, 2.24) is 15.0 Å². The van der Waals surface area contributed by atoms with Gasteiger partial charge in [-0.2, -0.15) is 0 Å². The summed E-state index contributed by atoms with van der Waals surface area (Å²) in [6, 6.07) is 27.8. The molecule has 0 aliphatic carbocycles. The summed E-state index contributed by atoms with van der Waals surface area (Å²) in [6.45, 7) is 0. The third-order valence-electron chi connectivity index (χ3n) is 6.56. The molecule has 0 spiro atoms. The fourth-order valence-corrected chi connectivity index (χ4v) is 4.73. The minimum absolute atomic E-state index is 0.111. The Morgan fingerprint density at radius 3 is 1.36 bits per heavy atom. The Morgan fingerprint density at radius 1 is 0.472 bits per heavy atom. The molecule has 0 fully saturated rings. The predicted molar refractivity (Wildman–Crippen MR) is 140 cm³/mol. The second-order valence-electron chi connectivity index (χ2n) is 8.99. The lowest BCUT2D eigenvalue weighted by Crippen LogP contribution is -2.11. The molecule has 0 saturated heterocycles. The highest BCUT2D eigenvalue weighted by Gasteiger charge is 2.19. The topological polar surface area (TPSA) is 99.4 Å². The number of nitrogens with zero attached hydrogens (tertiary/aromatic N) is 3. The number of pyridine rings is 3. The summed E-state index contributed by atoms with van der Waals surface area (Å²) in [4.78, 5) is 14.3. The largest absolute Gasteiger partial charge is 0.506 e. The van der Waals surface area contributed by atoms with Gasteiger partial charge in [0.15, 0.2) is 0 Å². The van der Waals surface area contributed by atoms with Crippen LogP contribution in [0.3, 0.4) is 0 Å². The van der Waals surface area contributed by atoms with Crippen molar-refractivity contribution >= 4 is 32.7 Å². The van der Waals surface area contributed by atoms with Crippen LogP contribution in [-0.2, 0) is 12.8 Å². The number of aromatic hydroxyl groups is 3. The molecule has 36 heavy (non-hydrogen) atoms. The molecule has 0 atom stereocenters. The summed E-state index contributed by atoms with van der Waals surface area (Å²) in [6.07, 6.45) is 1.10. The lowest BCUT2D eigenvalue weighted by molar-refractivity contribution is 0.479. The Balaban J connectivity index is 1.43. The third kappa shape index (κ3) is 4.03. The molecule has 0 unspecified atom stereocenters. The van der Waals surface area contributed by atoms with Crippen LogP contribution in [-0.4, -0.2) is 30.3 Å². The zero-order valence-corrected chi connectivity index (χ0v) is 19.3. The van der Waals surface area contributed by atoms with Gasteiger partial charge in [-0.25, -0.2) is 15.0 Å². The molecule has 176 valence electrons. The van der Waals surface area contributed by atoms with Crippen molar-refractivity contribution in [2.24, 2.45) is 0 Å². The van der Waals surface area contributed by atoms with Crippen molar-refractivity contribution in [3.63, 3.8) is 0 Å². The average molecular weight is 474 g/mol. The molecule has 6 heteroatoms. The smallest absolute Gasteiger partial charge is 0.141 e. The maximum Gasteiger partial charge on any atom is 0.141 e. The van der Waals surface area contributed by atoms with E-state index in [4.69, 9.17) is 15.0 Å². The summed E-state index contributed by atoms with van der Waals surface area (Å²) in [5, 5.41) is 33.7. The Morgan fingerprint density at radius 2 is 0.889 bits per heavy atom. The second-order valence-corrected chi connectivity index (χ2v) is 8.99. The molecule has 6 rings (SSSR count). The standard InChI is InChI=1S/C30H23N3O3/c34-25-7-1-4-18-10-13-22(31-28(18)25)16-21(24-15-12-20-6-3-9-27(36)30(20)33-24)17-23-14-11-19-5-2-8-26(35)29(19)32-23/h1-15,21,34-36H,16-17H2. The van der Waals surface area contributed by atoms with Gasteiger partial charge in [0.05, 0.1) is 0 Å². The van der Waals surface area contributed by atoms with Crippen molar-refractivity contribution in [2.45, 2.75) is 18.8 Å². The van der Waals surface area contributed by atoms with Gasteiger partial charge in [0.1, 0.15) is 33.8 Å². The predicted octanol–water partition coefficient (Wildman–Crippen LogP) is 6.02. The first kappa shape index (κ1) is 21.8. The first-order chi connectivity index (χ1) is 17.5. The molecular weight excluding hydrogens is 450 g/mol. The van der Waals surface area contributed by atoms with Gasteiger partial charge in [0.2, 0.25) is 0 Å². The molecule has 6 aromatic rings. The summed E-state index contributed by atoms with van der Waals surface area (Å²) in [5.74, 6) is 0.314. The van der Waals surface area contributed by atoms with Crippen molar-refractivity contribution in [3.05, 3.63) is 108 Å². The molecule has 0 saturated carbocycles. The van der Waals surface area contributed by atoms with Gasteiger partial charge in [0, 0.05) is 39.2 Å². The van der Waals surface area contributed by atoms with E-state index >= 15 is 0 Å². The number of fused-ring (bicyclic) bond motifs is 3. The van der Waals surface area contributed by atoms with Gasteiger partial charge in [-0.15, -0.1) is 0 Å². The second kappa shape index (κ2) is 8.82. The Kier molecular flexibility index (Phi) is 5.34. The van der Waals surface area contributed by atoms with Crippen LogP contribution >= 0.6 is 0 Å². The SMILES string of the molecule is Oc1cccc2ccc(CC(Cc3ccc4cccc(O)c4n3)c3ccc4cccc(O)c4n3)nc12. The molecule has 3 N–H and O–H groups in total. The molecule has 0 bridgehead atoms. The summed E-state index contributed by atoms with van der Waals surface area (Å²) < 4.78 is 0. The number of hydrogen-bond donors (Lipinski definition) is 3. The van der Waals surface area contributed by atoms with Crippen molar-refractivity contribution in [3.8, 4) is 17.2 Å². The maximum absolute atomic E-state index is 10.4. The zero-order valence-electron chi connectivity index (χ0n) is 19.3. The molecule has 0 aliphatic rings. The molecule has 0 aliphatic heterocycles. The van der Waals surface area contributed by atoms with Gasteiger partial charge in [-0.3, -0.25) is 0 Å². The molecule has 3 aromatic heterocycles. The fourth-order valence-electron chi connectivity index (χ4n) is 4.73. The number of phenolic OH excluding ortho intramolecular Hbond substituents is 3. The van der Waals surface area contributed by atoms with E-state index in [9.17, 15) is 15.3 Å². The number of hydrogen-bond acceptors (Lipinski definition) is 6. The maximum atomic E-state index is 10.4. The van der Waals surface area contributed by atoms with E-state index in [1.807, 2.05) is 54.6 Å². The number of phenols is 3. The summed E-state index contributed by atoms with van der Waals surface area (Å²) in [5.41, 5.74) is 4.11. The van der Waals surface area contributed by atoms with Crippen LogP contribution in [0.15, 0.2) is 91.0 Å². The average Bonchev–Trinajstić information content (AvgIpc) is 2.89. The van der Waals surface area contributed by atoms with E-state index in [0.717, 1.165) is 33.2 Å². The van der Waals surface area contributed by atoms with E-state index in [1.165, 1.54) is 0 Å². The van der Waals surface area contributed by atoms with E-state index in [1.54, 1.807) is 36.4 Å². The van der Waals surface area contributed by atoms with Crippen LogP contribution < -0.4 is 0 Å². The normalized spacial score (nSPS) is 11.6. The number of benzene rings is 3. The number of aromatic nitrogens is 3. The lowest BCUT2D eigenvalue weighted by Gasteiger charge is -2.18. The van der Waals surface area contributed by atoms with Gasteiger partial charge in [0.25, 0.3) is 0 Å². The van der Waals surface area contributed by atoms with Crippen LogP contribution in [0.25, 0.3) is 32.7 Å².